The Kier molecular flexibility index (Phi) is 8.36. The summed E-state index contributed by atoms with van der Waals surface area (Å²) in [5, 5.41) is 16.2. The number of aromatic nitrogens is 2. The van der Waals surface area contributed by atoms with Crippen LogP contribution in [0.3, 0.4) is 0 Å². The van der Waals surface area contributed by atoms with Crippen molar-refractivity contribution in [3.63, 3.8) is 0 Å². The Balaban J connectivity index is 1.12. The van der Waals surface area contributed by atoms with Crippen LogP contribution in [0.5, 0.6) is 11.5 Å². The van der Waals surface area contributed by atoms with E-state index in [0.29, 0.717) is 22.7 Å². The van der Waals surface area contributed by atoms with Crippen molar-refractivity contribution in [1.82, 2.24) is 14.5 Å². The molecule has 10 heteroatoms. The number of nitrogens with zero attached hydrogens (tertiary/aromatic N) is 5. The van der Waals surface area contributed by atoms with Crippen LogP contribution in [0.4, 0.5) is 11.4 Å². The zero-order valence-electron chi connectivity index (χ0n) is 22.8. The number of hydrogen-bond acceptors (Lipinski definition) is 7. The Bertz CT molecular complexity index is 1480. The monoisotopic (exact) mass is 538 g/mol. The van der Waals surface area contributed by atoms with E-state index in [2.05, 4.69) is 60.5 Å². The molecule has 10 nitrogen and oxygen atoms in total. The second-order valence-electron chi connectivity index (χ2n) is 9.77. The predicted molar refractivity (Wildman–Crippen MR) is 156 cm³/mol. The van der Waals surface area contributed by atoms with Crippen LogP contribution < -0.4 is 20.6 Å². The van der Waals surface area contributed by atoms with Crippen LogP contribution in [0.1, 0.15) is 27.8 Å². The molecule has 1 aliphatic rings. The number of nitrogen functional groups attached to an aromatic ring is 1. The van der Waals surface area contributed by atoms with E-state index in [4.69, 9.17) is 20.6 Å². The van der Waals surface area contributed by atoms with E-state index < -0.39 is 0 Å². The summed E-state index contributed by atoms with van der Waals surface area (Å²) in [6.07, 6.45) is 7.72. The summed E-state index contributed by atoms with van der Waals surface area (Å²) in [6.45, 7) is 3.90. The molecule has 0 bridgehead atoms. The number of imidazole rings is 1. The fourth-order valence-corrected chi connectivity index (χ4v) is 4.87. The first kappa shape index (κ1) is 26.9. The van der Waals surface area contributed by atoms with Gasteiger partial charge in [-0.25, -0.2) is 4.98 Å². The van der Waals surface area contributed by atoms with Crippen molar-refractivity contribution in [3.8, 4) is 11.5 Å². The first-order valence-electron chi connectivity index (χ1n) is 13.2. The maximum absolute atomic E-state index is 8.24. The zero-order valence-corrected chi connectivity index (χ0v) is 22.8. The fraction of sp³-hybridized carbons (Fsp3) is 0.267. The van der Waals surface area contributed by atoms with Gasteiger partial charge in [0.05, 0.1) is 26.2 Å². The molecule has 0 spiro atoms. The van der Waals surface area contributed by atoms with E-state index in [0.717, 1.165) is 44.7 Å². The maximum atomic E-state index is 8.24. The van der Waals surface area contributed by atoms with Gasteiger partial charge >= 0.3 is 0 Å². The number of nitrogens with two attached hydrogens (primary N) is 1. The Morgan fingerprint density at radius 2 is 1.80 bits per heavy atom. The predicted octanol–water partition coefficient (Wildman–Crippen LogP) is 4.94. The van der Waals surface area contributed by atoms with Gasteiger partial charge in [0.2, 0.25) is 0 Å². The molecule has 0 amide bonds. The molecule has 1 aliphatic heterocycles. The van der Waals surface area contributed by atoms with Crippen molar-refractivity contribution in [2.24, 2.45) is 10.3 Å². The maximum Gasteiger partial charge on any atom is 0.178 e. The van der Waals surface area contributed by atoms with Crippen molar-refractivity contribution in [2.45, 2.75) is 25.9 Å². The number of methoxy groups -OCH3 is 2. The molecule has 0 saturated carbocycles. The molecular formula is C30H34N8O2. The molecule has 0 atom stereocenters. The minimum atomic E-state index is -0.0838. The van der Waals surface area contributed by atoms with Gasteiger partial charge in [0, 0.05) is 55.9 Å². The van der Waals surface area contributed by atoms with Crippen LogP contribution in [0, 0.1) is 5.41 Å². The number of fused-ring (bicyclic) bond motifs is 1. The fourth-order valence-electron chi connectivity index (χ4n) is 4.87. The van der Waals surface area contributed by atoms with Gasteiger partial charge in [0.1, 0.15) is 0 Å². The van der Waals surface area contributed by atoms with Gasteiger partial charge in [-0.3, -0.25) is 15.7 Å². The highest BCUT2D eigenvalue weighted by molar-refractivity contribution is 6.02. The third-order valence-electron chi connectivity index (χ3n) is 7.10. The van der Waals surface area contributed by atoms with Crippen LogP contribution in [-0.2, 0) is 25.9 Å². The van der Waals surface area contributed by atoms with Gasteiger partial charge in [-0.15, -0.1) is 5.11 Å². The molecule has 0 radical (unpaired) electrons. The summed E-state index contributed by atoms with van der Waals surface area (Å²) >= 11 is 0. The number of rotatable bonds is 10. The van der Waals surface area contributed by atoms with Crippen molar-refractivity contribution in [1.29, 1.82) is 5.41 Å². The lowest BCUT2D eigenvalue weighted by molar-refractivity contribution is 0.257. The smallest absolute Gasteiger partial charge is 0.178 e. The highest BCUT2D eigenvalue weighted by Crippen LogP contribution is 2.32. The standard InChI is InChI=1S/C30H34N8O2/c1-39-28-16-26(27(31)17-29(28)40-2)30(32)35-36-34-25-7-4-21(5-8-25)9-12-37-13-10-23-6-3-22(15-24(23)19-37)18-38-14-11-33-20-38/h3-8,11,14-17,20H,9-10,12-13,18-19,31H2,1-2H3,(H2,32,34,35). The molecule has 4 aromatic rings. The molecule has 3 aromatic carbocycles. The highest BCUT2D eigenvalue weighted by Gasteiger charge is 2.17. The van der Waals surface area contributed by atoms with Crippen molar-refractivity contribution >= 4 is 17.2 Å². The second kappa shape index (κ2) is 12.4. The first-order chi connectivity index (χ1) is 19.5. The van der Waals surface area contributed by atoms with E-state index in [9.17, 15) is 0 Å². The molecule has 0 saturated heterocycles. The van der Waals surface area contributed by atoms with E-state index >= 15 is 0 Å². The summed E-state index contributed by atoms with van der Waals surface area (Å²) in [6, 6.07) is 18.2. The summed E-state index contributed by atoms with van der Waals surface area (Å²) in [5.74, 6) is 0.881. The molecule has 0 fully saturated rings. The summed E-state index contributed by atoms with van der Waals surface area (Å²) in [5.41, 5.74) is 15.9. The van der Waals surface area contributed by atoms with Crippen molar-refractivity contribution in [2.75, 3.05) is 38.5 Å². The van der Waals surface area contributed by atoms with Crippen LogP contribution in [0.15, 0.2) is 83.7 Å². The molecular weight excluding hydrogens is 504 g/mol. The Morgan fingerprint density at radius 3 is 2.55 bits per heavy atom. The van der Waals surface area contributed by atoms with Gasteiger partial charge < -0.3 is 19.8 Å². The average molecular weight is 539 g/mol. The van der Waals surface area contributed by atoms with Gasteiger partial charge in [-0.2, -0.15) is 0 Å². The first-order valence-corrected chi connectivity index (χ1v) is 13.2. The van der Waals surface area contributed by atoms with E-state index in [1.807, 2.05) is 30.9 Å². The molecule has 0 unspecified atom stereocenters. The number of amidine groups is 1. The number of ether oxygens (including phenoxy) is 2. The molecule has 0 aliphatic carbocycles. The van der Waals surface area contributed by atoms with E-state index in [1.165, 1.54) is 36.5 Å². The zero-order chi connectivity index (χ0) is 27.9. The minimum Gasteiger partial charge on any atom is -0.493 e. The number of benzene rings is 3. The molecule has 40 heavy (non-hydrogen) atoms. The van der Waals surface area contributed by atoms with E-state index in [-0.39, 0.29) is 5.84 Å². The van der Waals surface area contributed by atoms with Crippen LogP contribution in [0.2, 0.25) is 0 Å². The van der Waals surface area contributed by atoms with Crippen LogP contribution in [-0.4, -0.2) is 47.6 Å². The molecule has 1 aromatic heterocycles. The molecule has 206 valence electrons. The normalized spacial score (nSPS) is 13.2. The number of nitrogens with one attached hydrogen (secondary N) is 2. The van der Waals surface area contributed by atoms with Gasteiger partial charge in [0.15, 0.2) is 17.3 Å². The lowest BCUT2D eigenvalue weighted by Crippen LogP contribution is -2.32. The third kappa shape index (κ3) is 6.47. The van der Waals surface area contributed by atoms with Gasteiger partial charge in [-0.1, -0.05) is 35.6 Å². The Hall–Kier alpha value is -4.70. The second-order valence-corrected chi connectivity index (χ2v) is 9.77. The van der Waals surface area contributed by atoms with Gasteiger partial charge in [-0.05, 0) is 53.3 Å². The average Bonchev–Trinajstić information content (AvgIpc) is 3.49. The Morgan fingerprint density at radius 1 is 1.02 bits per heavy atom. The minimum absolute atomic E-state index is 0.0838. The summed E-state index contributed by atoms with van der Waals surface area (Å²) in [7, 11) is 3.06. The summed E-state index contributed by atoms with van der Waals surface area (Å²) < 4.78 is 12.6. The summed E-state index contributed by atoms with van der Waals surface area (Å²) in [4.78, 5) is 6.67. The number of hydrogen-bond donors (Lipinski definition) is 3. The van der Waals surface area contributed by atoms with Crippen molar-refractivity contribution < 1.29 is 9.47 Å². The topological polar surface area (TPSA) is 126 Å². The quantitative estimate of drug-likeness (QED) is 0.0864. The molecule has 2 heterocycles. The largest absolute Gasteiger partial charge is 0.493 e. The third-order valence-corrected chi connectivity index (χ3v) is 7.10. The Labute approximate surface area is 233 Å². The van der Waals surface area contributed by atoms with Crippen LogP contribution >= 0.6 is 0 Å². The SMILES string of the molecule is COc1cc(N)c(C(=N)/N=N\Nc2ccc(CCN3CCc4ccc(Cn5ccnc5)cc4C3)cc2)cc1OC. The molecule has 5 rings (SSSR count). The number of anilines is 2. The van der Waals surface area contributed by atoms with E-state index in [1.54, 1.807) is 12.1 Å². The van der Waals surface area contributed by atoms with Crippen LogP contribution in [0.25, 0.3) is 0 Å². The molecule has 4 N–H and O–H groups in total. The lowest BCUT2D eigenvalue weighted by Gasteiger charge is -2.29. The van der Waals surface area contributed by atoms with Crippen molar-refractivity contribution in [3.05, 3.63) is 101 Å². The lowest BCUT2D eigenvalue weighted by atomic mass is 9.97. The van der Waals surface area contributed by atoms with Gasteiger partial charge in [0.25, 0.3) is 0 Å². The highest BCUT2D eigenvalue weighted by atomic mass is 16.5.